The fourth-order valence-corrected chi connectivity index (χ4v) is 4.35. The summed E-state index contributed by atoms with van der Waals surface area (Å²) in [6.07, 6.45) is 4.16. The van der Waals surface area contributed by atoms with E-state index in [9.17, 15) is 14.9 Å². The predicted molar refractivity (Wildman–Crippen MR) is 128 cm³/mol. The van der Waals surface area contributed by atoms with E-state index >= 15 is 0 Å². The Kier molecular flexibility index (Phi) is 7.51. The first-order valence-corrected chi connectivity index (χ1v) is 11.6. The van der Waals surface area contributed by atoms with Crippen LogP contribution < -0.4 is 9.47 Å². The number of Topliss-reactive ketones (excluding diaryl/α,β-unsaturated/α-hetero) is 1. The molecule has 180 valence electrons. The molecule has 1 saturated carbocycles. The Labute approximate surface area is 204 Å². The van der Waals surface area contributed by atoms with Crippen molar-refractivity contribution < 1.29 is 28.5 Å². The monoisotopic (exact) mass is 473 g/mol. The number of ketones is 1. The molecule has 2 aliphatic rings. The summed E-state index contributed by atoms with van der Waals surface area (Å²) in [4.78, 5) is 25.7. The van der Waals surface area contributed by atoms with Crippen molar-refractivity contribution in [2.45, 2.75) is 44.8 Å². The predicted octanol–water partition coefficient (Wildman–Crippen LogP) is 4.76. The van der Waals surface area contributed by atoms with Gasteiger partial charge in [0.15, 0.2) is 0 Å². The molecule has 1 aliphatic carbocycles. The highest BCUT2D eigenvalue weighted by atomic mass is 16.6. The molecule has 1 heterocycles. The number of allylic oxidation sites excluding steroid dienone is 1. The second-order valence-electron chi connectivity index (χ2n) is 8.47. The van der Waals surface area contributed by atoms with Crippen LogP contribution in [0.5, 0.6) is 11.5 Å². The largest absolute Gasteiger partial charge is 0.497 e. The molecule has 2 aromatic rings. The molecule has 0 aromatic heterocycles. The zero-order chi connectivity index (χ0) is 24.8. The summed E-state index contributed by atoms with van der Waals surface area (Å²) < 4.78 is 22.5. The van der Waals surface area contributed by atoms with Crippen molar-refractivity contribution in [3.05, 3.63) is 77.3 Å². The summed E-state index contributed by atoms with van der Waals surface area (Å²) in [6.45, 7) is 2.03. The average Bonchev–Trinajstić information content (AvgIpc) is 2.89. The van der Waals surface area contributed by atoms with E-state index in [1.165, 1.54) is 12.3 Å². The Hall–Kier alpha value is -4.05. The van der Waals surface area contributed by atoms with E-state index in [0.717, 1.165) is 12.0 Å². The molecular formula is C28H27NO6. The Balaban J connectivity index is 1.38. The van der Waals surface area contributed by atoms with E-state index in [2.05, 4.69) is 0 Å². The van der Waals surface area contributed by atoms with Crippen LogP contribution in [0, 0.1) is 17.2 Å². The van der Waals surface area contributed by atoms with Crippen LogP contribution in [-0.4, -0.2) is 31.1 Å². The lowest BCUT2D eigenvalue weighted by atomic mass is 9.80. The molecule has 7 heteroatoms. The van der Waals surface area contributed by atoms with Crippen LogP contribution in [0.25, 0.3) is 6.08 Å². The molecule has 0 saturated heterocycles. The Morgan fingerprint density at radius 1 is 1.17 bits per heavy atom. The number of carbonyl (C=O) groups is 2. The number of para-hydroxylation sites is 1. The van der Waals surface area contributed by atoms with Gasteiger partial charge < -0.3 is 18.9 Å². The number of methoxy groups -OCH3 is 1. The second-order valence-corrected chi connectivity index (χ2v) is 8.47. The van der Waals surface area contributed by atoms with Gasteiger partial charge in [0.2, 0.25) is 11.5 Å². The van der Waals surface area contributed by atoms with Crippen LogP contribution in [0.1, 0.15) is 37.3 Å². The zero-order valence-corrected chi connectivity index (χ0v) is 19.7. The first-order chi connectivity index (χ1) is 17.0. The van der Waals surface area contributed by atoms with Gasteiger partial charge in [-0.2, -0.15) is 5.26 Å². The van der Waals surface area contributed by atoms with E-state index in [-0.39, 0.29) is 23.0 Å². The van der Waals surface area contributed by atoms with Crippen LogP contribution >= 0.6 is 0 Å². The standard InChI is InChI=1S/C28H27NO6/c1-3-19-6-4-5-7-24(19)35-26-17-33-25-15-22(12-13-23(25)27(26)30)34-28(31)20(16-29)14-18-8-10-21(32-2)11-9-18/h4-11,14,17,22-23,25H,3,12-13,15H2,1-2H3/b20-14+. The van der Waals surface area contributed by atoms with Crippen LogP contribution in [-0.2, 0) is 25.5 Å². The van der Waals surface area contributed by atoms with Gasteiger partial charge in [0, 0.05) is 6.42 Å². The summed E-state index contributed by atoms with van der Waals surface area (Å²) in [6, 6.07) is 16.5. The molecule has 0 amide bonds. The van der Waals surface area contributed by atoms with Crippen LogP contribution in [0.15, 0.2) is 66.1 Å². The van der Waals surface area contributed by atoms with Crippen molar-refractivity contribution >= 4 is 17.8 Å². The maximum absolute atomic E-state index is 13.1. The van der Waals surface area contributed by atoms with Crippen molar-refractivity contribution in [1.82, 2.24) is 0 Å². The van der Waals surface area contributed by atoms with Gasteiger partial charge in [0.25, 0.3) is 0 Å². The maximum Gasteiger partial charge on any atom is 0.349 e. The quantitative estimate of drug-likeness (QED) is 0.325. The molecule has 2 aromatic carbocycles. The number of ether oxygens (including phenoxy) is 4. The van der Waals surface area contributed by atoms with Crippen molar-refractivity contribution in [3.8, 4) is 17.6 Å². The minimum absolute atomic E-state index is 0.0944. The Bertz CT molecular complexity index is 1190. The van der Waals surface area contributed by atoms with Gasteiger partial charge in [-0.3, -0.25) is 4.79 Å². The van der Waals surface area contributed by atoms with Gasteiger partial charge >= 0.3 is 5.97 Å². The van der Waals surface area contributed by atoms with Gasteiger partial charge in [0.1, 0.15) is 41.6 Å². The number of rotatable bonds is 7. The highest BCUT2D eigenvalue weighted by Crippen LogP contribution is 2.36. The molecule has 1 fully saturated rings. The second kappa shape index (κ2) is 10.9. The molecule has 0 spiro atoms. The van der Waals surface area contributed by atoms with Crippen molar-refractivity contribution in [1.29, 1.82) is 5.26 Å². The third-order valence-electron chi connectivity index (χ3n) is 6.29. The molecule has 4 rings (SSSR count). The summed E-state index contributed by atoms with van der Waals surface area (Å²) in [5.74, 6) is 0.366. The molecule has 3 atom stereocenters. The number of fused-ring (bicyclic) bond motifs is 1. The van der Waals surface area contributed by atoms with Crippen LogP contribution in [0.4, 0.5) is 0 Å². The van der Waals surface area contributed by atoms with Gasteiger partial charge in [-0.1, -0.05) is 37.3 Å². The first-order valence-electron chi connectivity index (χ1n) is 11.6. The summed E-state index contributed by atoms with van der Waals surface area (Å²) in [5.41, 5.74) is 1.60. The van der Waals surface area contributed by atoms with Gasteiger partial charge in [-0.15, -0.1) is 0 Å². The molecule has 0 radical (unpaired) electrons. The number of esters is 1. The molecule has 7 nitrogen and oxygen atoms in total. The van der Waals surface area contributed by atoms with E-state index in [1.807, 2.05) is 37.3 Å². The van der Waals surface area contributed by atoms with Crippen LogP contribution in [0.3, 0.4) is 0 Å². The topological polar surface area (TPSA) is 94.9 Å². The van der Waals surface area contributed by atoms with E-state index < -0.39 is 18.2 Å². The van der Waals surface area contributed by atoms with Crippen molar-refractivity contribution in [2.75, 3.05) is 7.11 Å². The summed E-state index contributed by atoms with van der Waals surface area (Å²) in [5, 5.41) is 9.46. The molecule has 35 heavy (non-hydrogen) atoms. The van der Waals surface area contributed by atoms with E-state index in [0.29, 0.717) is 36.3 Å². The highest BCUT2D eigenvalue weighted by molar-refractivity contribution is 5.98. The minimum Gasteiger partial charge on any atom is -0.497 e. The normalized spacial score (nSPS) is 21.6. The number of aryl methyl sites for hydroxylation is 1. The smallest absolute Gasteiger partial charge is 0.349 e. The van der Waals surface area contributed by atoms with Crippen LogP contribution in [0.2, 0.25) is 0 Å². The number of carbonyl (C=O) groups excluding carboxylic acids is 2. The molecule has 0 bridgehead atoms. The number of hydrogen-bond donors (Lipinski definition) is 0. The molecule has 0 N–H and O–H groups in total. The molecule has 3 unspecified atom stereocenters. The third-order valence-corrected chi connectivity index (χ3v) is 6.29. The fraction of sp³-hybridized carbons (Fsp3) is 0.321. The lowest BCUT2D eigenvalue weighted by Crippen LogP contribution is -2.43. The first kappa shape index (κ1) is 24.1. The maximum atomic E-state index is 13.1. The third kappa shape index (κ3) is 5.55. The van der Waals surface area contributed by atoms with Crippen molar-refractivity contribution in [3.63, 3.8) is 0 Å². The number of hydrogen-bond acceptors (Lipinski definition) is 7. The fourth-order valence-electron chi connectivity index (χ4n) is 4.35. The number of nitrogens with zero attached hydrogens (tertiary/aromatic N) is 1. The van der Waals surface area contributed by atoms with Gasteiger partial charge in [-0.05, 0) is 54.7 Å². The lowest BCUT2D eigenvalue weighted by molar-refractivity contribution is -0.150. The van der Waals surface area contributed by atoms with E-state index in [1.54, 1.807) is 31.4 Å². The zero-order valence-electron chi connectivity index (χ0n) is 19.7. The molecular weight excluding hydrogens is 446 g/mol. The number of benzene rings is 2. The summed E-state index contributed by atoms with van der Waals surface area (Å²) >= 11 is 0. The average molecular weight is 474 g/mol. The minimum atomic E-state index is -0.690. The van der Waals surface area contributed by atoms with Gasteiger partial charge in [0.05, 0.1) is 13.0 Å². The van der Waals surface area contributed by atoms with Crippen molar-refractivity contribution in [2.24, 2.45) is 5.92 Å². The Morgan fingerprint density at radius 2 is 1.94 bits per heavy atom. The molecule has 1 aliphatic heterocycles. The SMILES string of the molecule is CCc1ccccc1OC1=COC2CC(OC(=O)/C(C#N)=C/c3ccc(OC)cc3)CCC2C1=O. The highest BCUT2D eigenvalue weighted by Gasteiger charge is 2.42. The van der Waals surface area contributed by atoms with E-state index in [4.69, 9.17) is 18.9 Å². The van der Waals surface area contributed by atoms with Gasteiger partial charge in [-0.25, -0.2) is 4.79 Å². The number of nitriles is 1. The lowest BCUT2D eigenvalue weighted by Gasteiger charge is -2.36. The Morgan fingerprint density at radius 3 is 2.66 bits per heavy atom. The summed E-state index contributed by atoms with van der Waals surface area (Å²) in [7, 11) is 1.57.